The average Bonchev–Trinajstić information content (AvgIpc) is 3.01. The van der Waals surface area contributed by atoms with E-state index in [-0.39, 0.29) is 17.4 Å². The fraction of sp³-hybridized carbons (Fsp3) is 0.318. The first-order valence-corrected chi connectivity index (χ1v) is 9.33. The van der Waals surface area contributed by atoms with E-state index in [0.717, 1.165) is 17.8 Å². The maximum atomic E-state index is 9.94. The summed E-state index contributed by atoms with van der Waals surface area (Å²) in [5.74, 6) is 0.694. The molecule has 2 heterocycles. The Hall–Kier alpha value is -3.03. The molecule has 1 saturated heterocycles. The van der Waals surface area contributed by atoms with Crippen LogP contribution in [0.5, 0.6) is 5.75 Å². The van der Waals surface area contributed by atoms with Gasteiger partial charge in [0, 0.05) is 29.1 Å². The third-order valence-electron chi connectivity index (χ3n) is 4.68. The number of aromatic nitrogens is 1. The van der Waals surface area contributed by atoms with Crippen molar-refractivity contribution in [1.82, 2.24) is 9.88 Å². The van der Waals surface area contributed by atoms with Gasteiger partial charge in [0.25, 0.3) is 0 Å². The minimum Gasteiger partial charge on any atom is -0.507 e. The molecular formula is C22H30N4O3. The van der Waals surface area contributed by atoms with Crippen molar-refractivity contribution in [1.29, 1.82) is 0 Å². The summed E-state index contributed by atoms with van der Waals surface area (Å²) in [7, 11) is 2.08. The standard InChI is InChI=1S/C19H26N4O2.C3H4O/c1-19(2)11-23(3)16(10-25-19)15-9-12(18(21)22-15)8-14(20)13-6-4-5-7-17(13)24;1-2-3-4/h4-9,16,22,24H,10-11,20-21H2,1-3H3;2-3H,1H2/b14-8-;. The molecule has 1 unspecified atom stereocenters. The number of benzene rings is 1. The summed E-state index contributed by atoms with van der Waals surface area (Å²) in [5.41, 5.74) is 15.0. The first-order valence-electron chi connectivity index (χ1n) is 9.33. The van der Waals surface area contributed by atoms with Crippen LogP contribution in [0.3, 0.4) is 0 Å². The van der Waals surface area contributed by atoms with Crippen LogP contribution in [0.1, 0.15) is 36.7 Å². The Kier molecular flexibility index (Phi) is 7.25. The summed E-state index contributed by atoms with van der Waals surface area (Å²) in [6.45, 7) is 8.72. The van der Waals surface area contributed by atoms with Crippen LogP contribution in [0.25, 0.3) is 11.8 Å². The summed E-state index contributed by atoms with van der Waals surface area (Å²) >= 11 is 0. The largest absolute Gasteiger partial charge is 0.507 e. The van der Waals surface area contributed by atoms with E-state index in [9.17, 15) is 5.11 Å². The van der Waals surface area contributed by atoms with Gasteiger partial charge in [-0.2, -0.15) is 0 Å². The molecule has 0 amide bonds. The Morgan fingerprint density at radius 2 is 2.07 bits per heavy atom. The lowest BCUT2D eigenvalue weighted by Gasteiger charge is -2.41. The summed E-state index contributed by atoms with van der Waals surface area (Å²) in [5, 5.41) is 9.94. The number of hydrogen-bond donors (Lipinski definition) is 4. The van der Waals surface area contributed by atoms with Gasteiger partial charge in [-0.25, -0.2) is 0 Å². The number of nitrogens with zero attached hydrogens (tertiary/aromatic N) is 1. The highest BCUT2D eigenvalue weighted by Crippen LogP contribution is 2.32. The van der Waals surface area contributed by atoms with Gasteiger partial charge < -0.3 is 26.3 Å². The molecule has 1 aromatic carbocycles. The van der Waals surface area contributed by atoms with Gasteiger partial charge in [0.15, 0.2) is 0 Å². The average molecular weight is 399 g/mol. The molecule has 7 heteroatoms. The third-order valence-corrected chi connectivity index (χ3v) is 4.68. The van der Waals surface area contributed by atoms with Crippen LogP contribution in [0.2, 0.25) is 0 Å². The number of H-pyrrole nitrogens is 1. The Labute approximate surface area is 171 Å². The summed E-state index contributed by atoms with van der Waals surface area (Å²) in [4.78, 5) is 14.6. The van der Waals surface area contributed by atoms with Crippen molar-refractivity contribution < 1.29 is 14.6 Å². The first kappa shape index (κ1) is 22.3. The number of carbonyl (C=O) groups is 1. The Bertz CT molecular complexity index is 880. The molecule has 156 valence electrons. The number of likely N-dealkylation sites (N-methyl/N-ethyl adjacent to an activating group) is 1. The van der Waals surface area contributed by atoms with E-state index >= 15 is 0 Å². The number of anilines is 1. The SMILES string of the molecule is C=CC=O.CN1CC(C)(C)OCC1c1cc(/C=C(\N)c2ccccc2O)c(N)[nH]1. The fourth-order valence-corrected chi connectivity index (χ4v) is 3.29. The second-order valence-electron chi connectivity index (χ2n) is 7.58. The number of morpholine rings is 1. The van der Waals surface area contributed by atoms with Crippen molar-refractivity contribution in [2.75, 3.05) is 25.9 Å². The molecular weight excluding hydrogens is 368 g/mol. The van der Waals surface area contributed by atoms with E-state index in [1.807, 2.05) is 12.1 Å². The summed E-state index contributed by atoms with van der Waals surface area (Å²) in [6, 6.07) is 9.08. The van der Waals surface area contributed by atoms with Gasteiger partial charge in [-0.3, -0.25) is 9.69 Å². The van der Waals surface area contributed by atoms with Gasteiger partial charge in [0.1, 0.15) is 17.9 Å². The highest BCUT2D eigenvalue weighted by atomic mass is 16.5. The minimum absolute atomic E-state index is 0.115. The molecule has 1 aliphatic rings. The van der Waals surface area contributed by atoms with Gasteiger partial charge >= 0.3 is 0 Å². The Morgan fingerprint density at radius 3 is 2.66 bits per heavy atom. The Balaban J connectivity index is 0.000000687. The number of phenolic OH excluding ortho intramolecular Hbond substituents is 1. The summed E-state index contributed by atoms with van der Waals surface area (Å²) in [6.07, 6.45) is 3.61. The molecule has 1 fully saturated rings. The fourth-order valence-electron chi connectivity index (χ4n) is 3.29. The highest BCUT2D eigenvalue weighted by Gasteiger charge is 2.33. The number of rotatable bonds is 4. The molecule has 7 nitrogen and oxygen atoms in total. The van der Waals surface area contributed by atoms with Crippen molar-refractivity contribution in [2.24, 2.45) is 5.73 Å². The number of nitrogen functional groups attached to an aromatic ring is 1. The van der Waals surface area contributed by atoms with Crippen LogP contribution in [0.4, 0.5) is 5.82 Å². The van der Waals surface area contributed by atoms with Crippen molar-refractivity contribution in [3.05, 3.63) is 59.8 Å². The van der Waals surface area contributed by atoms with Crippen LogP contribution < -0.4 is 11.5 Å². The van der Waals surface area contributed by atoms with Crippen LogP contribution in [-0.4, -0.2) is 47.1 Å². The molecule has 1 aromatic heterocycles. The van der Waals surface area contributed by atoms with Gasteiger partial charge in [-0.1, -0.05) is 18.7 Å². The summed E-state index contributed by atoms with van der Waals surface area (Å²) < 4.78 is 5.94. The maximum absolute atomic E-state index is 9.94. The number of para-hydroxylation sites is 1. The van der Waals surface area contributed by atoms with E-state index in [0.29, 0.717) is 30.0 Å². The van der Waals surface area contributed by atoms with Crippen molar-refractivity contribution in [3.8, 4) is 5.75 Å². The minimum atomic E-state index is -0.151. The van der Waals surface area contributed by atoms with Crippen LogP contribution in [-0.2, 0) is 9.53 Å². The zero-order chi connectivity index (χ0) is 21.6. The van der Waals surface area contributed by atoms with E-state index in [4.69, 9.17) is 21.0 Å². The molecule has 3 rings (SSSR count). The predicted octanol–water partition coefficient (Wildman–Crippen LogP) is 2.91. The number of nitrogens with two attached hydrogens (primary N) is 2. The number of phenols is 1. The third kappa shape index (κ3) is 5.73. The molecule has 29 heavy (non-hydrogen) atoms. The molecule has 0 bridgehead atoms. The zero-order valence-electron chi connectivity index (χ0n) is 17.2. The van der Waals surface area contributed by atoms with E-state index in [1.165, 1.54) is 6.08 Å². The lowest BCUT2D eigenvalue weighted by Crippen LogP contribution is -2.48. The van der Waals surface area contributed by atoms with E-state index in [2.05, 4.69) is 37.4 Å². The molecule has 1 aliphatic heterocycles. The lowest BCUT2D eigenvalue weighted by atomic mass is 10.0. The Morgan fingerprint density at radius 1 is 1.41 bits per heavy atom. The quantitative estimate of drug-likeness (QED) is 0.465. The van der Waals surface area contributed by atoms with Crippen molar-refractivity contribution >= 4 is 23.9 Å². The van der Waals surface area contributed by atoms with Crippen molar-refractivity contribution in [2.45, 2.75) is 25.5 Å². The number of allylic oxidation sites excluding steroid dienone is 1. The predicted molar refractivity (Wildman–Crippen MR) is 117 cm³/mol. The number of aromatic hydroxyl groups is 1. The van der Waals surface area contributed by atoms with Crippen LogP contribution in [0.15, 0.2) is 43.0 Å². The second kappa shape index (κ2) is 9.45. The van der Waals surface area contributed by atoms with Gasteiger partial charge in [-0.05, 0) is 51.2 Å². The normalized spacial score (nSPS) is 19.1. The highest BCUT2D eigenvalue weighted by molar-refractivity contribution is 5.84. The monoisotopic (exact) mass is 398 g/mol. The topological polar surface area (TPSA) is 118 Å². The molecule has 0 saturated carbocycles. The van der Waals surface area contributed by atoms with E-state index < -0.39 is 0 Å². The second-order valence-corrected chi connectivity index (χ2v) is 7.58. The molecule has 6 N–H and O–H groups in total. The lowest BCUT2D eigenvalue weighted by molar-refractivity contribution is -0.108. The molecule has 0 radical (unpaired) electrons. The van der Waals surface area contributed by atoms with Crippen LogP contribution >= 0.6 is 0 Å². The molecule has 2 aromatic rings. The van der Waals surface area contributed by atoms with E-state index in [1.54, 1.807) is 24.3 Å². The number of aldehydes is 1. The van der Waals surface area contributed by atoms with Gasteiger partial charge in [0.05, 0.1) is 18.2 Å². The number of nitrogens with one attached hydrogen (secondary N) is 1. The van der Waals surface area contributed by atoms with Crippen LogP contribution in [0, 0.1) is 0 Å². The first-order chi connectivity index (χ1) is 13.7. The molecule has 0 aliphatic carbocycles. The molecule has 1 atom stereocenters. The number of aromatic amines is 1. The smallest absolute Gasteiger partial charge is 0.142 e. The zero-order valence-corrected chi connectivity index (χ0v) is 17.2. The van der Waals surface area contributed by atoms with Gasteiger partial charge in [0.2, 0.25) is 0 Å². The maximum Gasteiger partial charge on any atom is 0.142 e. The number of hydrogen-bond acceptors (Lipinski definition) is 6. The molecule has 0 spiro atoms. The van der Waals surface area contributed by atoms with Gasteiger partial charge in [-0.15, -0.1) is 0 Å². The van der Waals surface area contributed by atoms with Crippen molar-refractivity contribution in [3.63, 3.8) is 0 Å². The number of carbonyl (C=O) groups excluding carboxylic acids is 1. The number of ether oxygens (including phenoxy) is 1.